The molecule has 0 atom stereocenters. The number of aliphatic carboxylic acids is 1. The van der Waals surface area contributed by atoms with Gasteiger partial charge in [0.15, 0.2) is 5.65 Å². The molecule has 1 N–H and O–H groups in total. The molecule has 1 saturated heterocycles. The van der Waals surface area contributed by atoms with Gasteiger partial charge in [-0.05, 0) is 25.0 Å². The Labute approximate surface area is 114 Å². The summed E-state index contributed by atoms with van der Waals surface area (Å²) in [7, 11) is 0. The number of nitrogens with zero attached hydrogens (tertiary/aromatic N) is 4. The molecule has 6 nitrogen and oxygen atoms in total. The van der Waals surface area contributed by atoms with Gasteiger partial charge < -0.3 is 10.0 Å². The van der Waals surface area contributed by atoms with Gasteiger partial charge in [0.25, 0.3) is 0 Å². The van der Waals surface area contributed by atoms with Crippen molar-refractivity contribution in [2.75, 3.05) is 18.0 Å². The molecule has 1 fully saturated rings. The summed E-state index contributed by atoms with van der Waals surface area (Å²) in [5, 5.41) is 17.9. The largest absolute Gasteiger partial charge is 0.481 e. The van der Waals surface area contributed by atoms with E-state index in [2.05, 4.69) is 15.1 Å². The van der Waals surface area contributed by atoms with Crippen LogP contribution in [0.25, 0.3) is 5.65 Å². The van der Waals surface area contributed by atoms with Gasteiger partial charge in [-0.2, -0.15) is 0 Å². The zero-order valence-electron chi connectivity index (χ0n) is 10.2. The predicted octanol–water partition coefficient (Wildman–Crippen LogP) is 1.68. The number of piperidine rings is 1. The van der Waals surface area contributed by atoms with Crippen LogP contribution in [-0.4, -0.2) is 38.8 Å². The third kappa shape index (κ3) is 2.23. The maximum absolute atomic E-state index is 10.9. The monoisotopic (exact) mass is 280 g/mol. The second-order valence-electron chi connectivity index (χ2n) is 4.68. The van der Waals surface area contributed by atoms with E-state index in [9.17, 15) is 4.79 Å². The van der Waals surface area contributed by atoms with Gasteiger partial charge >= 0.3 is 5.97 Å². The molecule has 7 heteroatoms. The van der Waals surface area contributed by atoms with Gasteiger partial charge in [0.1, 0.15) is 0 Å². The smallest absolute Gasteiger partial charge is 0.306 e. The zero-order chi connectivity index (χ0) is 13.4. The number of carboxylic acid groups (broad SMARTS) is 1. The molecular formula is C12H13ClN4O2. The maximum Gasteiger partial charge on any atom is 0.306 e. The van der Waals surface area contributed by atoms with Crippen molar-refractivity contribution >= 4 is 29.2 Å². The molecule has 2 aromatic heterocycles. The lowest BCUT2D eigenvalue weighted by molar-refractivity contribution is -0.142. The Bertz CT molecular complexity index is 619. The number of halogens is 1. The summed E-state index contributed by atoms with van der Waals surface area (Å²) < 4.78 is 1.84. The van der Waals surface area contributed by atoms with Crippen molar-refractivity contribution in [1.82, 2.24) is 14.6 Å². The minimum atomic E-state index is -0.714. The molecule has 0 amide bonds. The van der Waals surface area contributed by atoms with Crippen LogP contribution in [0.15, 0.2) is 18.3 Å². The summed E-state index contributed by atoms with van der Waals surface area (Å²) in [5.41, 5.74) is 0.736. The number of carbonyl (C=O) groups is 1. The summed E-state index contributed by atoms with van der Waals surface area (Å²) in [4.78, 5) is 13.0. The van der Waals surface area contributed by atoms with E-state index in [0.717, 1.165) is 11.6 Å². The quantitative estimate of drug-likeness (QED) is 0.906. The summed E-state index contributed by atoms with van der Waals surface area (Å²) in [6.45, 7) is 1.34. The molecule has 1 aliphatic heterocycles. The van der Waals surface area contributed by atoms with Crippen LogP contribution in [-0.2, 0) is 4.79 Å². The van der Waals surface area contributed by atoms with Gasteiger partial charge in [0, 0.05) is 19.3 Å². The molecule has 0 spiro atoms. The lowest BCUT2D eigenvalue weighted by Gasteiger charge is -2.29. The third-order valence-electron chi connectivity index (χ3n) is 3.48. The molecule has 0 unspecified atom stereocenters. The predicted molar refractivity (Wildman–Crippen MR) is 70.6 cm³/mol. The molecule has 100 valence electrons. The van der Waals surface area contributed by atoms with Crippen LogP contribution in [0.2, 0.25) is 5.02 Å². The molecule has 0 bridgehead atoms. The summed E-state index contributed by atoms with van der Waals surface area (Å²) in [5.74, 6) is -0.242. The molecule has 0 aliphatic carbocycles. The van der Waals surface area contributed by atoms with E-state index in [-0.39, 0.29) is 5.92 Å². The number of anilines is 1. The molecule has 2 aromatic rings. The van der Waals surface area contributed by atoms with Crippen molar-refractivity contribution in [3.8, 4) is 0 Å². The van der Waals surface area contributed by atoms with E-state index in [1.165, 1.54) is 0 Å². The van der Waals surface area contributed by atoms with E-state index >= 15 is 0 Å². The number of rotatable bonds is 2. The minimum Gasteiger partial charge on any atom is -0.481 e. The fourth-order valence-electron chi connectivity index (χ4n) is 2.39. The average Bonchev–Trinajstić information content (AvgIpc) is 2.81. The van der Waals surface area contributed by atoms with Crippen molar-refractivity contribution in [3.63, 3.8) is 0 Å². The summed E-state index contributed by atoms with van der Waals surface area (Å²) >= 11 is 5.98. The SMILES string of the molecule is O=C(O)C1CCN(c2nnc3ccc(Cl)cn23)CC1. The first-order chi connectivity index (χ1) is 9.15. The average molecular weight is 281 g/mol. The Balaban J connectivity index is 1.85. The van der Waals surface area contributed by atoms with Crippen LogP contribution < -0.4 is 4.90 Å². The highest BCUT2D eigenvalue weighted by atomic mass is 35.5. The molecule has 0 radical (unpaired) electrons. The third-order valence-corrected chi connectivity index (χ3v) is 3.70. The number of hydrogen-bond donors (Lipinski definition) is 1. The van der Waals surface area contributed by atoms with Crippen molar-refractivity contribution in [3.05, 3.63) is 23.4 Å². The van der Waals surface area contributed by atoms with E-state index < -0.39 is 5.97 Å². The van der Waals surface area contributed by atoms with Crippen LogP contribution >= 0.6 is 11.6 Å². The molecule has 0 aromatic carbocycles. The Morgan fingerprint density at radius 3 is 2.74 bits per heavy atom. The Morgan fingerprint density at radius 2 is 2.05 bits per heavy atom. The zero-order valence-corrected chi connectivity index (χ0v) is 10.9. The van der Waals surface area contributed by atoms with Gasteiger partial charge in [0.2, 0.25) is 5.95 Å². The molecule has 3 rings (SSSR count). The molecule has 19 heavy (non-hydrogen) atoms. The van der Waals surface area contributed by atoms with Crippen molar-refractivity contribution < 1.29 is 9.90 Å². The van der Waals surface area contributed by atoms with E-state index in [1.807, 2.05) is 10.5 Å². The second kappa shape index (κ2) is 4.70. The summed E-state index contributed by atoms with van der Waals surface area (Å²) in [6.07, 6.45) is 3.03. The van der Waals surface area contributed by atoms with Crippen LogP contribution in [0.5, 0.6) is 0 Å². The summed E-state index contributed by atoms with van der Waals surface area (Å²) in [6, 6.07) is 3.58. The van der Waals surface area contributed by atoms with Crippen LogP contribution in [0, 0.1) is 5.92 Å². The van der Waals surface area contributed by atoms with Crippen molar-refractivity contribution in [1.29, 1.82) is 0 Å². The first-order valence-electron chi connectivity index (χ1n) is 6.13. The Kier molecular flexibility index (Phi) is 3.02. The van der Waals surface area contributed by atoms with Crippen LogP contribution in [0.1, 0.15) is 12.8 Å². The highest BCUT2D eigenvalue weighted by Crippen LogP contribution is 2.23. The van der Waals surface area contributed by atoms with Crippen LogP contribution in [0.3, 0.4) is 0 Å². The topological polar surface area (TPSA) is 70.7 Å². The normalized spacial score (nSPS) is 17.0. The van der Waals surface area contributed by atoms with Gasteiger partial charge in [0.05, 0.1) is 10.9 Å². The standard InChI is InChI=1S/C12H13ClN4O2/c13-9-1-2-10-14-15-12(17(10)7-9)16-5-3-8(4-6-16)11(18)19/h1-2,7-8H,3-6H2,(H,18,19). The molecule has 0 saturated carbocycles. The Hall–Kier alpha value is -1.82. The highest BCUT2D eigenvalue weighted by molar-refractivity contribution is 6.30. The molecule has 3 heterocycles. The first kappa shape index (κ1) is 12.2. The second-order valence-corrected chi connectivity index (χ2v) is 5.11. The van der Waals surface area contributed by atoms with Crippen molar-refractivity contribution in [2.24, 2.45) is 5.92 Å². The fraction of sp³-hybridized carbons (Fsp3) is 0.417. The van der Waals surface area contributed by atoms with Gasteiger partial charge in [-0.1, -0.05) is 11.6 Å². The van der Waals surface area contributed by atoms with E-state index in [4.69, 9.17) is 16.7 Å². The number of hydrogen-bond acceptors (Lipinski definition) is 4. The highest BCUT2D eigenvalue weighted by Gasteiger charge is 2.26. The van der Waals surface area contributed by atoms with Gasteiger partial charge in [-0.3, -0.25) is 9.20 Å². The fourth-order valence-corrected chi connectivity index (χ4v) is 2.56. The van der Waals surface area contributed by atoms with Gasteiger partial charge in [-0.25, -0.2) is 0 Å². The lowest BCUT2D eigenvalue weighted by Crippen LogP contribution is -2.37. The molecular weight excluding hydrogens is 268 g/mol. The minimum absolute atomic E-state index is 0.251. The molecule has 1 aliphatic rings. The van der Waals surface area contributed by atoms with Crippen molar-refractivity contribution in [2.45, 2.75) is 12.8 Å². The maximum atomic E-state index is 10.9. The van der Waals surface area contributed by atoms with Gasteiger partial charge in [-0.15, -0.1) is 10.2 Å². The number of pyridine rings is 1. The van der Waals surface area contributed by atoms with E-state index in [1.54, 1.807) is 12.3 Å². The lowest BCUT2D eigenvalue weighted by atomic mass is 9.97. The Morgan fingerprint density at radius 1 is 1.32 bits per heavy atom. The number of aromatic nitrogens is 3. The number of carboxylic acids is 1. The van der Waals surface area contributed by atoms with Crippen LogP contribution in [0.4, 0.5) is 5.95 Å². The first-order valence-corrected chi connectivity index (χ1v) is 6.51. The number of fused-ring (bicyclic) bond motifs is 1. The van der Waals surface area contributed by atoms with E-state index in [0.29, 0.717) is 31.0 Å².